The first-order valence-corrected chi connectivity index (χ1v) is 8.56. The zero-order valence-electron chi connectivity index (χ0n) is 13.1. The van der Waals surface area contributed by atoms with E-state index >= 15 is 0 Å². The van der Waals surface area contributed by atoms with Gasteiger partial charge in [0.25, 0.3) is 5.91 Å². The minimum Gasteiger partial charge on any atom is -0.306 e. The quantitative estimate of drug-likeness (QED) is 0.691. The summed E-state index contributed by atoms with van der Waals surface area (Å²) < 4.78 is 13.1. The molecule has 1 aromatic carbocycles. The number of hydrogen-bond acceptors (Lipinski definition) is 3. The number of rotatable bonds is 2. The molecule has 0 N–H and O–H groups in total. The smallest absolute Gasteiger partial charge is 0.259 e. The van der Waals surface area contributed by atoms with Crippen LogP contribution in [-0.2, 0) is 6.42 Å². The summed E-state index contributed by atoms with van der Waals surface area (Å²) in [5.41, 5.74) is 3.58. The lowest BCUT2D eigenvalue weighted by molar-refractivity contribution is 0.0981. The summed E-state index contributed by atoms with van der Waals surface area (Å²) in [4.78, 5) is 20.9. The molecule has 0 saturated carbocycles. The summed E-state index contributed by atoms with van der Waals surface area (Å²) in [6.45, 7) is 2.64. The Hall–Kier alpha value is -2.53. The highest BCUT2D eigenvalue weighted by Gasteiger charge is 2.28. The van der Waals surface area contributed by atoms with Crippen LogP contribution in [-0.4, -0.2) is 17.4 Å². The molecule has 0 bridgehead atoms. The molecule has 5 heteroatoms. The van der Waals surface area contributed by atoms with Crippen molar-refractivity contribution in [1.82, 2.24) is 4.98 Å². The second-order valence-electron chi connectivity index (χ2n) is 5.82. The molecule has 4 rings (SSSR count). The van der Waals surface area contributed by atoms with Gasteiger partial charge in [-0.1, -0.05) is 12.1 Å². The molecule has 0 fully saturated rings. The Kier molecular flexibility index (Phi) is 3.65. The van der Waals surface area contributed by atoms with Crippen LogP contribution in [0.1, 0.15) is 20.8 Å². The molecule has 0 spiro atoms. The van der Waals surface area contributed by atoms with E-state index in [0.29, 0.717) is 6.54 Å². The molecule has 1 aliphatic heterocycles. The van der Waals surface area contributed by atoms with Gasteiger partial charge in [-0.3, -0.25) is 9.78 Å². The molecule has 0 radical (unpaired) electrons. The van der Waals surface area contributed by atoms with Gasteiger partial charge in [-0.05, 0) is 42.3 Å². The predicted octanol–water partition coefficient (Wildman–Crippen LogP) is 4.46. The molecule has 0 saturated heterocycles. The van der Waals surface area contributed by atoms with Gasteiger partial charge in [0.15, 0.2) is 0 Å². The first kappa shape index (κ1) is 15.0. The van der Waals surface area contributed by atoms with E-state index in [0.717, 1.165) is 38.6 Å². The highest BCUT2D eigenvalue weighted by Crippen LogP contribution is 2.36. The van der Waals surface area contributed by atoms with Crippen LogP contribution < -0.4 is 4.90 Å². The van der Waals surface area contributed by atoms with Gasteiger partial charge in [-0.15, -0.1) is 11.3 Å². The van der Waals surface area contributed by atoms with E-state index in [1.54, 1.807) is 40.8 Å². The Bertz CT molecular complexity index is 917. The van der Waals surface area contributed by atoms with E-state index < -0.39 is 0 Å². The molecule has 2 aromatic heterocycles. The minimum absolute atomic E-state index is 0.0111. The van der Waals surface area contributed by atoms with Gasteiger partial charge in [0.1, 0.15) is 5.82 Å². The van der Waals surface area contributed by atoms with Gasteiger partial charge in [0.05, 0.1) is 17.4 Å². The van der Waals surface area contributed by atoms with Crippen molar-refractivity contribution >= 4 is 22.9 Å². The number of amides is 1. The summed E-state index contributed by atoms with van der Waals surface area (Å²) in [6.07, 6.45) is 4.29. The van der Waals surface area contributed by atoms with Crippen molar-refractivity contribution in [1.29, 1.82) is 0 Å². The summed E-state index contributed by atoms with van der Waals surface area (Å²) >= 11 is 1.61. The number of halogens is 1. The second-order valence-corrected chi connectivity index (χ2v) is 6.96. The molecule has 3 nitrogen and oxygen atoms in total. The lowest BCUT2D eigenvalue weighted by Crippen LogP contribution is -2.37. The number of aromatic nitrogens is 1. The SMILES string of the molecule is Cc1ccncc1N1CCc2sc(-c3ccc(F)cc3)cc2C1=O. The third-order valence-corrected chi connectivity index (χ3v) is 5.52. The number of nitrogens with zero attached hydrogens (tertiary/aromatic N) is 2. The van der Waals surface area contributed by atoms with Crippen molar-refractivity contribution in [3.63, 3.8) is 0 Å². The van der Waals surface area contributed by atoms with E-state index in [-0.39, 0.29) is 11.7 Å². The van der Waals surface area contributed by atoms with Gasteiger partial charge in [0.2, 0.25) is 0 Å². The van der Waals surface area contributed by atoms with Crippen LogP contribution in [0.25, 0.3) is 10.4 Å². The molecule has 3 aromatic rings. The number of fused-ring (bicyclic) bond motifs is 1. The molecular formula is C19H15FN2OS. The fraction of sp³-hybridized carbons (Fsp3) is 0.158. The van der Waals surface area contributed by atoms with E-state index in [1.807, 2.05) is 19.1 Å². The highest BCUT2D eigenvalue weighted by molar-refractivity contribution is 7.15. The Labute approximate surface area is 143 Å². The van der Waals surface area contributed by atoms with Gasteiger partial charge < -0.3 is 4.90 Å². The largest absolute Gasteiger partial charge is 0.306 e. The average Bonchev–Trinajstić information content (AvgIpc) is 3.02. The normalized spacial score (nSPS) is 13.9. The third-order valence-electron chi connectivity index (χ3n) is 4.28. The number of thiophene rings is 1. The number of pyridine rings is 1. The molecule has 3 heterocycles. The van der Waals surface area contributed by atoms with E-state index in [2.05, 4.69) is 4.98 Å². The topological polar surface area (TPSA) is 33.2 Å². The van der Waals surface area contributed by atoms with Gasteiger partial charge in [0, 0.05) is 28.9 Å². The van der Waals surface area contributed by atoms with Crippen molar-refractivity contribution in [2.45, 2.75) is 13.3 Å². The Morgan fingerprint density at radius 2 is 2.00 bits per heavy atom. The van der Waals surface area contributed by atoms with Crippen molar-refractivity contribution in [2.24, 2.45) is 0 Å². The maximum Gasteiger partial charge on any atom is 0.259 e. The predicted molar refractivity (Wildman–Crippen MR) is 94.1 cm³/mol. The fourth-order valence-electron chi connectivity index (χ4n) is 2.98. The molecule has 120 valence electrons. The second kappa shape index (κ2) is 5.83. The van der Waals surface area contributed by atoms with Crippen molar-refractivity contribution in [2.75, 3.05) is 11.4 Å². The molecule has 0 unspecified atom stereocenters. The van der Waals surface area contributed by atoms with Crippen LogP contribution >= 0.6 is 11.3 Å². The Balaban J connectivity index is 1.71. The first-order valence-electron chi connectivity index (χ1n) is 7.74. The summed E-state index contributed by atoms with van der Waals surface area (Å²) in [5.74, 6) is -0.244. The van der Waals surface area contributed by atoms with Crippen molar-refractivity contribution in [3.8, 4) is 10.4 Å². The first-order chi connectivity index (χ1) is 11.6. The van der Waals surface area contributed by atoms with E-state index in [4.69, 9.17) is 0 Å². The highest BCUT2D eigenvalue weighted by atomic mass is 32.1. The monoisotopic (exact) mass is 338 g/mol. The Morgan fingerprint density at radius 1 is 1.21 bits per heavy atom. The van der Waals surface area contributed by atoms with Gasteiger partial charge in [-0.2, -0.15) is 0 Å². The van der Waals surface area contributed by atoms with Gasteiger partial charge >= 0.3 is 0 Å². The maximum atomic E-state index is 13.1. The fourth-order valence-corrected chi connectivity index (χ4v) is 4.13. The number of hydrogen-bond donors (Lipinski definition) is 0. The average molecular weight is 338 g/mol. The minimum atomic E-state index is -0.255. The molecule has 1 aliphatic rings. The van der Waals surface area contributed by atoms with Crippen LogP contribution in [0, 0.1) is 12.7 Å². The summed E-state index contributed by atoms with van der Waals surface area (Å²) in [5, 5.41) is 0. The lowest BCUT2D eigenvalue weighted by atomic mass is 10.1. The molecule has 0 atom stereocenters. The van der Waals surface area contributed by atoms with Crippen LogP contribution in [0.3, 0.4) is 0 Å². The molecule has 0 aliphatic carbocycles. The Morgan fingerprint density at radius 3 is 2.75 bits per heavy atom. The van der Waals surface area contributed by atoms with Crippen LogP contribution in [0.2, 0.25) is 0 Å². The third kappa shape index (κ3) is 2.51. The summed E-state index contributed by atoms with van der Waals surface area (Å²) in [6, 6.07) is 10.2. The van der Waals surface area contributed by atoms with Crippen LogP contribution in [0.4, 0.5) is 10.1 Å². The maximum absolute atomic E-state index is 13.1. The number of benzene rings is 1. The van der Waals surface area contributed by atoms with Gasteiger partial charge in [-0.25, -0.2) is 4.39 Å². The van der Waals surface area contributed by atoms with Crippen molar-refractivity contribution < 1.29 is 9.18 Å². The summed E-state index contributed by atoms with van der Waals surface area (Å²) in [7, 11) is 0. The number of carbonyl (C=O) groups is 1. The van der Waals surface area contributed by atoms with Crippen LogP contribution in [0.15, 0.2) is 48.8 Å². The lowest BCUT2D eigenvalue weighted by Gasteiger charge is -2.27. The molecule has 1 amide bonds. The standard InChI is InChI=1S/C19H15FN2OS/c1-12-6-8-21-11-16(12)22-9-7-17-15(19(22)23)10-18(24-17)13-2-4-14(20)5-3-13/h2-6,8,10-11H,7,9H2,1H3. The number of carbonyl (C=O) groups excluding carboxylic acids is 1. The zero-order chi connectivity index (χ0) is 16.7. The van der Waals surface area contributed by atoms with E-state index in [1.165, 1.54) is 12.1 Å². The van der Waals surface area contributed by atoms with E-state index in [9.17, 15) is 9.18 Å². The molecular weight excluding hydrogens is 323 g/mol. The zero-order valence-corrected chi connectivity index (χ0v) is 13.9. The number of aryl methyl sites for hydroxylation is 1. The molecule has 24 heavy (non-hydrogen) atoms. The van der Waals surface area contributed by atoms with Crippen LogP contribution in [0.5, 0.6) is 0 Å². The number of anilines is 1. The van der Waals surface area contributed by atoms with Crippen molar-refractivity contribution in [3.05, 3.63) is 70.6 Å².